The van der Waals surface area contributed by atoms with Crippen LogP contribution >= 0.6 is 0 Å². The van der Waals surface area contributed by atoms with Crippen LogP contribution in [0.5, 0.6) is 5.75 Å². The fraction of sp³-hybridized carbons (Fsp3) is 0.417. The van der Waals surface area contributed by atoms with Crippen molar-refractivity contribution in [2.24, 2.45) is 0 Å². The first-order valence-corrected chi connectivity index (χ1v) is 5.43. The second-order valence-electron chi connectivity index (χ2n) is 4.48. The van der Waals surface area contributed by atoms with Gasteiger partial charge in [-0.1, -0.05) is 12.1 Å². The van der Waals surface area contributed by atoms with Crippen molar-refractivity contribution in [3.8, 4) is 5.75 Å². The number of carbonyl (C=O) groups excluding carboxylic acids is 1. The van der Waals surface area contributed by atoms with Crippen LogP contribution < -0.4 is 10.1 Å². The van der Waals surface area contributed by atoms with Crippen LogP contribution in [-0.4, -0.2) is 41.8 Å². The number of aliphatic hydroxyl groups is 1. The highest BCUT2D eigenvalue weighted by molar-refractivity contribution is 5.91. The Morgan fingerprint density at radius 1 is 1.47 bits per heavy atom. The largest absolute Gasteiger partial charge is 0.495 e. The van der Waals surface area contributed by atoms with Crippen LogP contribution in [0, 0.1) is 0 Å². The van der Waals surface area contributed by atoms with Crippen LogP contribution in [0.4, 0.5) is 10.5 Å². The first-order chi connectivity index (χ1) is 8.02. The number of likely N-dealkylation sites (tertiary alicyclic amines) is 1. The Kier molecular flexibility index (Phi) is 2.93. The monoisotopic (exact) mass is 236 g/mol. The molecule has 1 aliphatic heterocycles. The highest BCUT2D eigenvalue weighted by atomic mass is 16.5. The van der Waals surface area contributed by atoms with Gasteiger partial charge < -0.3 is 20.1 Å². The molecule has 0 saturated carbocycles. The third-order valence-electron chi connectivity index (χ3n) is 2.70. The lowest BCUT2D eigenvalue weighted by Gasteiger charge is -2.43. The summed E-state index contributed by atoms with van der Waals surface area (Å²) in [7, 11) is 1.55. The van der Waals surface area contributed by atoms with E-state index in [-0.39, 0.29) is 6.03 Å². The number of nitrogens with one attached hydrogen (secondary N) is 1. The van der Waals surface area contributed by atoms with Gasteiger partial charge in [0.1, 0.15) is 5.75 Å². The topological polar surface area (TPSA) is 61.8 Å². The molecule has 92 valence electrons. The Hall–Kier alpha value is -1.75. The minimum atomic E-state index is -0.752. The number of urea groups is 1. The van der Waals surface area contributed by atoms with E-state index in [2.05, 4.69) is 5.32 Å². The molecule has 0 spiro atoms. The smallest absolute Gasteiger partial charge is 0.322 e. The van der Waals surface area contributed by atoms with Gasteiger partial charge in [0.2, 0.25) is 0 Å². The van der Waals surface area contributed by atoms with Crippen LogP contribution in [0.1, 0.15) is 6.92 Å². The van der Waals surface area contributed by atoms with Gasteiger partial charge in [-0.15, -0.1) is 0 Å². The van der Waals surface area contributed by atoms with Crippen LogP contribution in [0.15, 0.2) is 24.3 Å². The molecule has 1 fully saturated rings. The molecular formula is C12H16N2O3. The summed E-state index contributed by atoms with van der Waals surface area (Å²) in [5.41, 5.74) is -0.121. The van der Waals surface area contributed by atoms with Crippen molar-refractivity contribution in [3.63, 3.8) is 0 Å². The molecule has 2 amide bonds. The van der Waals surface area contributed by atoms with E-state index in [1.54, 1.807) is 31.1 Å². The second-order valence-corrected chi connectivity index (χ2v) is 4.48. The molecule has 2 rings (SSSR count). The van der Waals surface area contributed by atoms with Gasteiger partial charge in [0.25, 0.3) is 0 Å². The number of hydrogen-bond donors (Lipinski definition) is 2. The summed E-state index contributed by atoms with van der Waals surface area (Å²) in [6.45, 7) is 2.42. The summed E-state index contributed by atoms with van der Waals surface area (Å²) in [4.78, 5) is 13.3. The molecule has 0 aliphatic carbocycles. The molecule has 2 N–H and O–H groups in total. The first kappa shape index (κ1) is 11.7. The Labute approximate surface area is 100.0 Å². The molecule has 0 unspecified atom stereocenters. The summed E-state index contributed by atoms with van der Waals surface area (Å²) >= 11 is 0. The number of amides is 2. The van der Waals surface area contributed by atoms with E-state index in [1.807, 2.05) is 12.1 Å². The van der Waals surface area contributed by atoms with E-state index >= 15 is 0 Å². The summed E-state index contributed by atoms with van der Waals surface area (Å²) in [6, 6.07) is 6.99. The fourth-order valence-electron chi connectivity index (χ4n) is 1.86. The Bertz CT molecular complexity index is 424. The quantitative estimate of drug-likeness (QED) is 0.813. The maximum absolute atomic E-state index is 11.8. The van der Waals surface area contributed by atoms with E-state index in [0.717, 1.165) is 0 Å². The molecule has 5 nitrogen and oxygen atoms in total. The minimum absolute atomic E-state index is 0.221. The second kappa shape index (κ2) is 4.25. The van der Waals surface area contributed by atoms with Gasteiger partial charge in [-0.05, 0) is 19.1 Å². The number of anilines is 1. The molecule has 0 radical (unpaired) electrons. The maximum Gasteiger partial charge on any atom is 0.322 e. The van der Waals surface area contributed by atoms with E-state index in [0.29, 0.717) is 24.5 Å². The van der Waals surface area contributed by atoms with Crippen molar-refractivity contribution in [2.75, 3.05) is 25.5 Å². The van der Waals surface area contributed by atoms with E-state index in [4.69, 9.17) is 4.74 Å². The van der Waals surface area contributed by atoms with Crippen molar-refractivity contribution >= 4 is 11.7 Å². The molecule has 1 aromatic carbocycles. The average Bonchev–Trinajstić information content (AvgIpc) is 2.26. The lowest BCUT2D eigenvalue weighted by atomic mass is 9.98. The molecule has 1 heterocycles. The first-order valence-electron chi connectivity index (χ1n) is 5.43. The van der Waals surface area contributed by atoms with Gasteiger partial charge in [-0.2, -0.15) is 0 Å². The standard InChI is InChI=1S/C12H16N2O3/c1-12(16)7-14(8-12)11(15)13-9-5-3-4-6-10(9)17-2/h3-6,16H,7-8H2,1-2H3,(H,13,15). The summed E-state index contributed by atoms with van der Waals surface area (Å²) < 4.78 is 5.14. The number of para-hydroxylation sites is 2. The Morgan fingerprint density at radius 2 is 2.12 bits per heavy atom. The highest BCUT2D eigenvalue weighted by Gasteiger charge is 2.39. The van der Waals surface area contributed by atoms with Crippen molar-refractivity contribution in [3.05, 3.63) is 24.3 Å². The van der Waals surface area contributed by atoms with Crippen molar-refractivity contribution < 1.29 is 14.6 Å². The predicted molar refractivity (Wildman–Crippen MR) is 64.2 cm³/mol. The number of ether oxygens (including phenoxy) is 1. The minimum Gasteiger partial charge on any atom is -0.495 e. The Balaban J connectivity index is 1.99. The molecule has 0 aromatic heterocycles. The highest BCUT2D eigenvalue weighted by Crippen LogP contribution is 2.25. The number of nitrogens with zero attached hydrogens (tertiary/aromatic N) is 1. The predicted octanol–water partition coefficient (Wildman–Crippen LogP) is 1.29. The van der Waals surface area contributed by atoms with E-state index < -0.39 is 5.60 Å². The summed E-state index contributed by atoms with van der Waals surface area (Å²) in [6.07, 6.45) is 0. The van der Waals surface area contributed by atoms with Gasteiger partial charge in [-0.25, -0.2) is 4.79 Å². The third kappa shape index (κ3) is 2.50. The fourth-order valence-corrected chi connectivity index (χ4v) is 1.86. The molecule has 1 saturated heterocycles. The van der Waals surface area contributed by atoms with Crippen LogP contribution in [0.25, 0.3) is 0 Å². The molecular weight excluding hydrogens is 220 g/mol. The Morgan fingerprint density at radius 3 is 2.71 bits per heavy atom. The number of carbonyl (C=O) groups is 1. The van der Waals surface area contributed by atoms with Crippen molar-refractivity contribution in [2.45, 2.75) is 12.5 Å². The van der Waals surface area contributed by atoms with Gasteiger partial charge >= 0.3 is 6.03 Å². The molecule has 1 aliphatic rings. The van der Waals surface area contributed by atoms with Crippen molar-refractivity contribution in [1.29, 1.82) is 0 Å². The zero-order chi connectivity index (χ0) is 12.5. The van der Waals surface area contributed by atoms with E-state index in [1.165, 1.54) is 0 Å². The van der Waals surface area contributed by atoms with Gasteiger partial charge in [0, 0.05) is 0 Å². The van der Waals surface area contributed by atoms with Gasteiger partial charge in [0.05, 0.1) is 31.5 Å². The number of rotatable bonds is 2. The molecule has 1 aromatic rings. The van der Waals surface area contributed by atoms with Gasteiger partial charge in [0.15, 0.2) is 0 Å². The van der Waals surface area contributed by atoms with Crippen molar-refractivity contribution in [1.82, 2.24) is 4.90 Å². The zero-order valence-corrected chi connectivity index (χ0v) is 9.93. The SMILES string of the molecule is COc1ccccc1NC(=O)N1CC(C)(O)C1. The van der Waals surface area contributed by atoms with Crippen LogP contribution in [0.2, 0.25) is 0 Å². The van der Waals surface area contributed by atoms with Gasteiger partial charge in [-0.3, -0.25) is 0 Å². The molecule has 0 atom stereocenters. The number of benzene rings is 1. The number of hydrogen-bond acceptors (Lipinski definition) is 3. The lowest BCUT2D eigenvalue weighted by molar-refractivity contribution is -0.0581. The normalized spacial score (nSPS) is 17.2. The van der Waals surface area contributed by atoms with Crippen LogP contribution in [0.3, 0.4) is 0 Å². The summed E-state index contributed by atoms with van der Waals surface area (Å²) in [5.74, 6) is 0.619. The average molecular weight is 236 g/mol. The molecule has 5 heteroatoms. The lowest BCUT2D eigenvalue weighted by Crippen LogP contribution is -2.62. The number of methoxy groups -OCH3 is 1. The van der Waals surface area contributed by atoms with E-state index in [9.17, 15) is 9.90 Å². The molecule has 0 bridgehead atoms. The summed E-state index contributed by atoms with van der Waals surface area (Å²) in [5, 5.41) is 12.3. The maximum atomic E-state index is 11.8. The van der Waals surface area contributed by atoms with Crippen LogP contribution in [-0.2, 0) is 0 Å². The third-order valence-corrected chi connectivity index (χ3v) is 2.70. The zero-order valence-electron chi connectivity index (χ0n) is 9.93. The molecule has 17 heavy (non-hydrogen) atoms. The number of β-amino-alcohol motifs (C(OH)–C–C–N with tert-alkyl or cyclic N) is 1.